The van der Waals surface area contributed by atoms with Gasteiger partial charge in [-0.3, -0.25) is 0 Å². The van der Waals surface area contributed by atoms with E-state index < -0.39 is 5.41 Å². The van der Waals surface area contributed by atoms with Crippen molar-refractivity contribution in [2.75, 3.05) is 0 Å². The molecule has 2 N–H and O–H groups in total. The van der Waals surface area contributed by atoms with E-state index in [-0.39, 0.29) is 0 Å². The molecule has 1 spiro atoms. The second-order valence-electron chi connectivity index (χ2n) is 6.34. The fraction of sp³-hybridized carbons (Fsp3) is 0.368. The zero-order chi connectivity index (χ0) is 16.3. The summed E-state index contributed by atoms with van der Waals surface area (Å²) in [5.74, 6) is 0. The largest absolute Gasteiger partial charge is 0.783 e. The molecule has 2 aliphatic carbocycles. The lowest BCUT2D eigenvalue weighted by molar-refractivity contribution is -0.615. The third-order valence-electron chi connectivity index (χ3n) is 5.11. The van der Waals surface area contributed by atoms with Crippen LogP contribution in [0, 0.1) is 28.1 Å². The molecule has 0 radical (unpaired) electrons. The molecule has 0 aliphatic heterocycles. The maximum Gasteiger partial charge on any atom is 0.129 e. The smallest absolute Gasteiger partial charge is 0.129 e. The van der Waals surface area contributed by atoms with Gasteiger partial charge >= 0.3 is 0 Å². The van der Waals surface area contributed by atoms with Gasteiger partial charge in [0, 0.05) is 29.4 Å². The Hall–Kier alpha value is -2.14. The van der Waals surface area contributed by atoms with Gasteiger partial charge in [-0.15, -0.1) is 0 Å². The van der Waals surface area contributed by atoms with Crippen LogP contribution in [-0.4, -0.2) is 6.04 Å². The van der Waals surface area contributed by atoms with Crippen molar-refractivity contribution < 1.29 is 5.32 Å². The Morgan fingerprint density at radius 3 is 2.39 bits per heavy atom. The summed E-state index contributed by atoms with van der Waals surface area (Å²) in [6.07, 6.45) is 6.14. The van der Waals surface area contributed by atoms with Crippen molar-refractivity contribution in [2.24, 2.45) is 5.41 Å². The molecule has 1 saturated carbocycles. The van der Waals surface area contributed by atoms with Gasteiger partial charge < -0.3 is 17.9 Å². The summed E-state index contributed by atoms with van der Waals surface area (Å²) in [5.41, 5.74) is 2.25. The summed E-state index contributed by atoms with van der Waals surface area (Å²) in [7, 11) is 0. The maximum absolute atomic E-state index is 9.57. The van der Waals surface area contributed by atoms with Gasteiger partial charge in [0.1, 0.15) is 5.69 Å². The summed E-state index contributed by atoms with van der Waals surface area (Å²) < 4.78 is 0. The van der Waals surface area contributed by atoms with Crippen LogP contribution in [0.25, 0.3) is 0 Å². The molecule has 23 heavy (non-hydrogen) atoms. The van der Waals surface area contributed by atoms with E-state index in [2.05, 4.69) is 29.6 Å². The Kier molecular flexibility index (Phi) is 4.48. The number of nitrogens with zero attached hydrogens (tertiary/aromatic N) is 2. The van der Waals surface area contributed by atoms with Crippen LogP contribution in [0.5, 0.6) is 0 Å². The number of allylic oxidation sites excluding steroid dienone is 4. The fourth-order valence-corrected chi connectivity index (χ4v) is 4.20. The number of benzene rings is 1. The van der Waals surface area contributed by atoms with Crippen LogP contribution in [-0.2, 0) is 12.6 Å². The first-order valence-corrected chi connectivity index (χ1v) is 8.42. The molecule has 0 heterocycles. The summed E-state index contributed by atoms with van der Waals surface area (Å²) in [4.78, 5) is 0.719. The SMILES string of the molecule is N#CC1=CCC([S-])=C(C#N)C12CCC([NH2+]c1ccccc1)CC2. The summed E-state index contributed by atoms with van der Waals surface area (Å²) in [6, 6.07) is 15.5. The average Bonchev–Trinajstić information content (AvgIpc) is 2.58. The molecule has 3 nitrogen and oxygen atoms in total. The molecule has 0 unspecified atom stereocenters. The second-order valence-corrected chi connectivity index (χ2v) is 6.83. The van der Waals surface area contributed by atoms with Crippen molar-refractivity contribution in [1.82, 2.24) is 0 Å². The van der Waals surface area contributed by atoms with E-state index in [1.54, 1.807) is 0 Å². The molecule has 0 bridgehead atoms. The van der Waals surface area contributed by atoms with E-state index in [1.165, 1.54) is 5.69 Å². The van der Waals surface area contributed by atoms with Crippen molar-refractivity contribution in [3.05, 3.63) is 52.5 Å². The molecule has 1 aromatic carbocycles. The Bertz CT molecular complexity index is 726. The highest BCUT2D eigenvalue weighted by Gasteiger charge is 2.44. The third kappa shape index (κ3) is 2.88. The van der Waals surface area contributed by atoms with Gasteiger partial charge in [0.15, 0.2) is 0 Å². The number of para-hydroxylation sites is 1. The molecule has 3 rings (SSSR count). The van der Waals surface area contributed by atoms with Gasteiger partial charge in [-0.25, -0.2) is 0 Å². The van der Waals surface area contributed by atoms with Gasteiger partial charge in [0.2, 0.25) is 0 Å². The second kappa shape index (κ2) is 6.54. The third-order valence-corrected chi connectivity index (χ3v) is 5.48. The van der Waals surface area contributed by atoms with Gasteiger partial charge in [-0.05, 0) is 31.4 Å². The monoisotopic (exact) mass is 321 g/mol. The fourth-order valence-electron chi connectivity index (χ4n) is 3.87. The lowest BCUT2D eigenvalue weighted by Gasteiger charge is -2.43. The zero-order valence-corrected chi connectivity index (χ0v) is 13.8. The Morgan fingerprint density at radius 1 is 1.09 bits per heavy atom. The minimum atomic E-state index is -0.417. The number of hydrogen-bond donors (Lipinski definition) is 1. The lowest BCUT2D eigenvalue weighted by atomic mass is 9.62. The molecular formula is C19H19N3S. The van der Waals surface area contributed by atoms with E-state index in [1.807, 2.05) is 24.3 Å². The molecule has 0 saturated heterocycles. The average molecular weight is 321 g/mol. The van der Waals surface area contributed by atoms with E-state index >= 15 is 0 Å². The van der Waals surface area contributed by atoms with Gasteiger partial charge in [0.05, 0.1) is 18.2 Å². The van der Waals surface area contributed by atoms with E-state index in [0.717, 1.165) is 36.2 Å². The van der Waals surface area contributed by atoms with Crippen molar-refractivity contribution in [2.45, 2.75) is 38.1 Å². The number of nitriles is 2. The Labute approximate surface area is 142 Å². The first-order chi connectivity index (χ1) is 11.2. The van der Waals surface area contributed by atoms with Crippen molar-refractivity contribution in [1.29, 1.82) is 10.5 Å². The minimum absolute atomic E-state index is 0.417. The predicted molar refractivity (Wildman–Crippen MR) is 91.0 cm³/mol. The Morgan fingerprint density at radius 2 is 1.78 bits per heavy atom. The quantitative estimate of drug-likeness (QED) is 0.673. The van der Waals surface area contributed by atoms with Gasteiger partial charge in [-0.2, -0.15) is 15.4 Å². The van der Waals surface area contributed by atoms with Crippen LogP contribution in [0.15, 0.2) is 52.5 Å². The van der Waals surface area contributed by atoms with Gasteiger partial charge in [0.25, 0.3) is 0 Å². The topological polar surface area (TPSA) is 64.2 Å². The van der Waals surface area contributed by atoms with Crippen LogP contribution >= 0.6 is 0 Å². The first-order valence-electron chi connectivity index (χ1n) is 8.01. The van der Waals surface area contributed by atoms with Gasteiger partial charge in [-0.1, -0.05) is 24.3 Å². The van der Waals surface area contributed by atoms with Crippen molar-refractivity contribution >= 4 is 18.3 Å². The highest BCUT2D eigenvalue weighted by atomic mass is 32.1. The summed E-state index contributed by atoms with van der Waals surface area (Å²) in [5, 5.41) is 21.4. The predicted octanol–water partition coefficient (Wildman–Crippen LogP) is 2.99. The maximum atomic E-state index is 9.57. The molecule has 4 heteroatoms. The molecule has 0 atom stereocenters. The molecule has 1 fully saturated rings. The minimum Gasteiger partial charge on any atom is -0.783 e. The van der Waals surface area contributed by atoms with Crippen molar-refractivity contribution in [3.8, 4) is 12.1 Å². The van der Waals surface area contributed by atoms with Crippen LogP contribution in [0.4, 0.5) is 5.69 Å². The van der Waals surface area contributed by atoms with Crippen LogP contribution in [0.2, 0.25) is 0 Å². The molecular weight excluding hydrogens is 302 g/mol. The molecule has 0 amide bonds. The zero-order valence-electron chi connectivity index (χ0n) is 13.0. The number of quaternary nitrogens is 1. The number of rotatable bonds is 2. The normalized spacial score (nSPS) is 27.2. The van der Waals surface area contributed by atoms with Crippen molar-refractivity contribution in [3.63, 3.8) is 0 Å². The van der Waals surface area contributed by atoms with E-state index in [4.69, 9.17) is 12.6 Å². The van der Waals surface area contributed by atoms with Crippen LogP contribution in [0.3, 0.4) is 0 Å². The lowest BCUT2D eigenvalue weighted by Crippen LogP contribution is -2.85. The van der Waals surface area contributed by atoms with Crippen LogP contribution < -0.4 is 5.32 Å². The summed E-state index contributed by atoms with van der Waals surface area (Å²) >= 11 is 5.39. The number of nitrogens with two attached hydrogens (primary N) is 1. The Balaban J connectivity index is 1.78. The standard InChI is InChI=1S/C19H19N3S/c20-12-14-6-7-18(23)17(13-21)19(14)10-8-16(9-11-19)22-15-4-2-1-3-5-15/h1-6,16,22-23H,7-11H2. The first kappa shape index (κ1) is 15.7. The number of hydrogen-bond acceptors (Lipinski definition) is 3. The van der Waals surface area contributed by atoms with E-state index in [9.17, 15) is 10.5 Å². The molecule has 116 valence electrons. The van der Waals surface area contributed by atoms with E-state index in [0.29, 0.717) is 18.0 Å². The molecule has 2 aliphatic rings. The molecule has 1 aromatic rings. The van der Waals surface area contributed by atoms with Crippen LogP contribution in [0.1, 0.15) is 32.1 Å². The molecule has 0 aromatic heterocycles. The highest BCUT2D eigenvalue weighted by Crippen LogP contribution is 2.50. The highest BCUT2D eigenvalue weighted by molar-refractivity contribution is 7.63. The summed E-state index contributed by atoms with van der Waals surface area (Å²) in [6.45, 7) is 0.